The summed E-state index contributed by atoms with van der Waals surface area (Å²) >= 11 is 0. The van der Waals surface area contributed by atoms with E-state index in [4.69, 9.17) is 0 Å². The quantitative estimate of drug-likeness (QED) is 0.770. The van der Waals surface area contributed by atoms with Crippen molar-refractivity contribution in [2.45, 2.75) is 18.9 Å². The lowest BCUT2D eigenvalue weighted by atomic mass is 10.1. The highest BCUT2D eigenvalue weighted by Crippen LogP contribution is 2.21. The fourth-order valence-electron chi connectivity index (χ4n) is 3.01. The molecule has 2 N–H and O–H groups in total. The van der Waals surface area contributed by atoms with Crippen LogP contribution in [0.25, 0.3) is 10.9 Å². The Bertz CT molecular complexity index is 863. The number of rotatable bonds is 3. The van der Waals surface area contributed by atoms with Crippen molar-refractivity contribution in [3.8, 4) is 0 Å². The normalized spacial score (nSPS) is 17.8. The van der Waals surface area contributed by atoms with Crippen LogP contribution < -0.4 is 10.6 Å². The second-order valence-corrected chi connectivity index (χ2v) is 5.89. The molecule has 24 heavy (non-hydrogen) atoms. The number of pyridine rings is 2. The number of anilines is 1. The standard InChI is InChI=1S/C17H18N6O/c24-17(16-5-9-23(22-16)12-2-1-6-18-10-12)21-15-4-8-20-14-3-7-19-11-13(14)15/h3-5,7-9,11-12,18H,1-2,6,10H2,(H,20,21,24). The summed E-state index contributed by atoms with van der Waals surface area (Å²) in [5.74, 6) is -0.228. The Hall–Kier alpha value is -2.80. The van der Waals surface area contributed by atoms with Gasteiger partial charge in [0, 0.05) is 36.7 Å². The Balaban J connectivity index is 1.54. The van der Waals surface area contributed by atoms with E-state index in [0.29, 0.717) is 17.4 Å². The largest absolute Gasteiger partial charge is 0.320 e. The molecule has 1 saturated heterocycles. The van der Waals surface area contributed by atoms with Crippen molar-refractivity contribution in [2.75, 3.05) is 18.4 Å². The average Bonchev–Trinajstić information content (AvgIpc) is 3.13. The van der Waals surface area contributed by atoms with Crippen LogP contribution in [0.5, 0.6) is 0 Å². The molecule has 3 aromatic heterocycles. The summed E-state index contributed by atoms with van der Waals surface area (Å²) in [7, 11) is 0. The third kappa shape index (κ3) is 2.85. The Labute approximate surface area is 139 Å². The SMILES string of the molecule is O=C(Nc1ccnc2ccncc12)c1ccn(C2CCCNC2)n1. The molecule has 1 atom stereocenters. The van der Waals surface area contributed by atoms with E-state index in [9.17, 15) is 4.79 Å². The summed E-state index contributed by atoms with van der Waals surface area (Å²) in [6.45, 7) is 1.94. The molecule has 0 aliphatic carbocycles. The van der Waals surface area contributed by atoms with E-state index in [-0.39, 0.29) is 5.91 Å². The fraction of sp³-hybridized carbons (Fsp3) is 0.294. The van der Waals surface area contributed by atoms with Crippen LogP contribution in [-0.4, -0.2) is 38.7 Å². The molecule has 1 aliphatic rings. The zero-order valence-corrected chi connectivity index (χ0v) is 13.1. The number of aromatic nitrogens is 4. The lowest BCUT2D eigenvalue weighted by molar-refractivity contribution is 0.102. The lowest BCUT2D eigenvalue weighted by Gasteiger charge is -2.22. The van der Waals surface area contributed by atoms with Gasteiger partial charge in [-0.2, -0.15) is 5.10 Å². The van der Waals surface area contributed by atoms with Gasteiger partial charge in [-0.3, -0.25) is 19.4 Å². The maximum atomic E-state index is 12.5. The van der Waals surface area contributed by atoms with E-state index < -0.39 is 0 Å². The Morgan fingerprint density at radius 3 is 3.12 bits per heavy atom. The van der Waals surface area contributed by atoms with E-state index >= 15 is 0 Å². The van der Waals surface area contributed by atoms with Gasteiger partial charge in [0.2, 0.25) is 0 Å². The Morgan fingerprint density at radius 2 is 2.25 bits per heavy atom. The Kier molecular flexibility index (Phi) is 3.92. The summed E-state index contributed by atoms with van der Waals surface area (Å²) in [5.41, 5.74) is 1.89. The highest BCUT2D eigenvalue weighted by atomic mass is 16.1. The molecule has 0 radical (unpaired) electrons. The van der Waals surface area contributed by atoms with Crippen molar-refractivity contribution in [1.29, 1.82) is 0 Å². The third-order valence-corrected chi connectivity index (χ3v) is 4.28. The van der Waals surface area contributed by atoms with E-state index in [1.807, 2.05) is 16.9 Å². The van der Waals surface area contributed by atoms with Gasteiger partial charge in [0.05, 0.1) is 17.2 Å². The first kappa shape index (κ1) is 14.8. The van der Waals surface area contributed by atoms with E-state index in [2.05, 4.69) is 25.7 Å². The fourth-order valence-corrected chi connectivity index (χ4v) is 3.01. The molecule has 7 heteroatoms. The van der Waals surface area contributed by atoms with Gasteiger partial charge in [-0.15, -0.1) is 0 Å². The van der Waals surface area contributed by atoms with Crippen LogP contribution in [-0.2, 0) is 0 Å². The first-order valence-electron chi connectivity index (χ1n) is 8.07. The monoisotopic (exact) mass is 322 g/mol. The number of nitrogens with zero attached hydrogens (tertiary/aromatic N) is 4. The molecule has 122 valence electrons. The van der Waals surface area contributed by atoms with Crippen LogP contribution in [0.4, 0.5) is 5.69 Å². The minimum absolute atomic E-state index is 0.228. The molecule has 7 nitrogen and oxygen atoms in total. The van der Waals surface area contributed by atoms with Crippen LogP contribution in [0.1, 0.15) is 29.4 Å². The van der Waals surface area contributed by atoms with Gasteiger partial charge < -0.3 is 10.6 Å². The molecule has 1 amide bonds. The van der Waals surface area contributed by atoms with E-state index in [1.165, 1.54) is 0 Å². The molecule has 0 aromatic carbocycles. The summed E-state index contributed by atoms with van der Waals surface area (Å²) in [6, 6.07) is 5.65. The maximum absolute atomic E-state index is 12.5. The molecule has 3 aromatic rings. The van der Waals surface area contributed by atoms with Gasteiger partial charge in [0.1, 0.15) is 0 Å². The van der Waals surface area contributed by atoms with Crippen molar-refractivity contribution in [1.82, 2.24) is 25.1 Å². The van der Waals surface area contributed by atoms with Gasteiger partial charge in [-0.1, -0.05) is 0 Å². The van der Waals surface area contributed by atoms with E-state index in [0.717, 1.165) is 36.8 Å². The van der Waals surface area contributed by atoms with Gasteiger partial charge >= 0.3 is 0 Å². The second kappa shape index (κ2) is 6.37. The molecular weight excluding hydrogens is 304 g/mol. The molecule has 0 spiro atoms. The van der Waals surface area contributed by atoms with Gasteiger partial charge in [-0.25, -0.2) is 0 Å². The molecular formula is C17H18N6O. The molecule has 1 unspecified atom stereocenters. The highest BCUT2D eigenvalue weighted by molar-refractivity contribution is 6.07. The third-order valence-electron chi connectivity index (χ3n) is 4.28. The first-order valence-corrected chi connectivity index (χ1v) is 8.07. The maximum Gasteiger partial charge on any atom is 0.276 e. The summed E-state index contributed by atoms with van der Waals surface area (Å²) in [5, 5.41) is 11.5. The molecule has 4 rings (SSSR count). The predicted molar refractivity (Wildman–Crippen MR) is 90.9 cm³/mol. The van der Waals surface area contributed by atoms with Gasteiger partial charge in [0.25, 0.3) is 5.91 Å². The molecule has 1 fully saturated rings. The summed E-state index contributed by atoms with van der Waals surface area (Å²) in [4.78, 5) is 20.9. The Morgan fingerprint density at radius 1 is 1.29 bits per heavy atom. The smallest absolute Gasteiger partial charge is 0.276 e. The van der Waals surface area contributed by atoms with Crippen molar-refractivity contribution in [3.63, 3.8) is 0 Å². The lowest BCUT2D eigenvalue weighted by Crippen LogP contribution is -2.32. The zero-order chi connectivity index (χ0) is 16.4. The van der Waals surface area contributed by atoms with Crippen molar-refractivity contribution >= 4 is 22.5 Å². The molecule has 4 heterocycles. The van der Waals surface area contributed by atoms with Crippen LogP contribution in [0.2, 0.25) is 0 Å². The predicted octanol–water partition coefficient (Wildman–Crippen LogP) is 2.00. The van der Waals surface area contributed by atoms with Crippen LogP contribution in [0.15, 0.2) is 43.0 Å². The van der Waals surface area contributed by atoms with Crippen molar-refractivity contribution < 1.29 is 4.79 Å². The number of nitrogens with one attached hydrogen (secondary N) is 2. The minimum atomic E-state index is -0.228. The number of hydrogen-bond donors (Lipinski definition) is 2. The van der Waals surface area contributed by atoms with Crippen molar-refractivity contribution in [3.05, 3.63) is 48.7 Å². The van der Waals surface area contributed by atoms with Gasteiger partial charge in [0.15, 0.2) is 5.69 Å². The number of carbonyl (C=O) groups is 1. The topological polar surface area (TPSA) is 84.7 Å². The molecule has 0 saturated carbocycles. The number of fused-ring (bicyclic) bond motifs is 1. The van der Waals surface area contributed by atoms with Crippen LogP contribution in [0, 0.1) is 0 Å². The number of piperidine rings is 1. The molecule has 0 bridgehead atoms. The number of carbonyl (C=O) groups excluding carboxylic acids is 1. The number of hydrogen-bond acceptors (Lipinski definition) is 5. The highest BCUT2D eigenvalue weighted by Gasteiger charge is 2.18. The zero-order valence-electron chi connectivity index (χ0n) is 13.1. The van der Waals surface area contributed by atoms with Crippen LogP contribution >= 0.6 is 0 Å². The summed E-state index contributed by atoms with van der Waals surface area (Å²) in [6.07, 6.45) is 9.13. The second-order valence-electron chi connectivity index (χ2n) is 5.89. The molecule has 1 aliphatic heterocycles. The number of amides is 1. The minimum Gasteiger partial charge on any atom is -0.320 e. The van der Waals surface area contributed by atoms with Gasteiger partial charge in [-0.05, 0) is 37.6 Å². The van der Waals surface area contributed by atoms with E-state index in [1.54, 1.807) is 30.7 Å². The van der Waals surface area contributed by atoms with Crippen LogP contribution in [0.3, 0.4) is 0 Å². The first-order chi connectivity index (χ1) is 11.8. The average molecular weight is 322 g/mol. The van der Waals surface area contributed by atoms with Crippen molar-refractivity contribution in [2.24, 2.45) is 0 Å². The summed E-state index contributed by atoms with van der Waals surface area (Å²) < 4.78 is 1.88.